The van der Waals surface area contributed by atoms with Crippen molar-refractivity contribution in [2.45, 2.75) is 6.42 Å². The highest BCUT2D eigenvalue weighted by Crippen LogP contribution is 2.53. The topological polar surface area (TPSA) is 0 Å². The Hall–Kier alpha value is -4.10. The molecule has 1 aliphatic heterocycles. The minimum absolute atomic E-state index is 0.199. The molecule has 0 atom stereocenters. The first kappa shape index (κ1) is 20.5. The fourth-order valence-electron chi connectivity index (χ4n) is 5.42. The van der Waals surface area contributed by atoms with Gasteiger partial charge in [0.25, 0.3) is 0 Å². The lowest BCUT2D eigenvalue weighted by Crippen LogP contribution is -2.19. The molecule has 0 amide bonds. The van der Waals surface area contributed by atoms with Crippen LogP contribution in [-0.4, -0.2) is 6.71 Å². The van der Waals surface area contributed by atoms with Crippen molar-refractivity contribution in [1.82, 2.24) is 0 Å². The third-order valence-corrected chi connectivity index (χ3v) is 6.83. The number of allylic oxidation sites excluding steroid dienone is 6. The number of hydrogen-bond donors (Lipinski definition) is 0. The summed E-state index contributed by atoms with van der Waals surface area (Å²) in [6, 6.07) is 43.8. The quantitative estimate of drug-likeness (QED) is 0.279. The number of rotatable bonds is 5. The summed E-state index contributed by atoms with van der Waals surface area (Å²) in [6.07, 6.45) is 7.81. The molecule has 0 unspecified atom stereocenters. The van der Waals surface area contributed by atoms with E-state index in [1.807, 2.05) is 0 Å². The molecule has 1 aliphatic carbocycles. The van der Waals surface area contributed by atoms with E-state index in [4.69, 9.17) is 0 Å². The van der Waals surface area contributed by atoms with Crippen molar-refractivity contribution >= 4 is 28.8 Å². The Kier molecular flexibility index (Phi) is 5.45. The molecule has 2 aliphatic rings. The number of hydrogen-bond acceptors (Lipinski definition) is 0. The Morgan fingerprint density at radius 1 is 0.441 bits per heavy atom. The van der Waals surface area contributed by atoms with Gasteiger partial charge in [0.1, 0.15) is 0 Å². The molecule has 0 fully saturated rings. The zero-order valence-corrected chi connectivity index (χ0v) is 19.1. The van der Waals surface area contributed by atoms with Crippen LogP contribution in [0.25, 0.3) is 22.1 Å². The standard InChI is InChI=1S/C33H25B/c1-5-15-25(16-6-1)30-31(26-17-7-2-8-18-26)33(28-21-11-4-12-22-28)34(29-23-13-14-24-29)32(30)27-19-9-3-10-20-27/h1-23H,24H2. The summed E-state index contributed by atoms with van der Waals surface area (Å²) in [6.45, 7) is 0.199. The second-order valence-electron chi connectivity index (χ2n) is 8.85. The highest BCUT2D eigenvalue weighted by molar-refractivity contribution is 7.05. The molecule has 160 valence electrons. The van der Waals surface area contributed by atoms with E-state index in [9.17, 15) is 0 Å². The summed E-state index contributed by atoms with van der Waals surface area (Å²) < 4.78 is 0. The molecule has 0 N–H and O–H groups in total. The van der Waals surface area contributed by atoms with Gasteiger partial charge in [-0.05, 0) is 39.8 Å². The fraction of sp³-hybridized carbons (Fsp3) is 0.0303. The smallest absolute Gasteiger partial charge is 0.0869 e. The lowest BCUT2D eigenvalue weighted by atomic mass is 9.34. The van der Waals surface area contributed by atoms with Crippen molar-refractivity contribution in [2.24, 2.45) is 0 Å². The first-order valence-corrected chi connectivity index (χ1v) is 12.0. The maximum atomic E-state index is 2.33. The second kappa shape index (κ2) is 9.04. The predicted octanol–water partition coefficient (Wildman–Crippen LogP) is 8.22. The molecule has 1 heteroatoms. The summed E-state index contributed by atoms with van der Waals surface area (Å²) in [5.74, 6) is 0. The molecule has 0 bridgehead atoms. The summed E-state index contributed by atoms with van der Waals surface area (Å²) in [5.41, 5.74) is 12.1. The summed E-state index contributed by atoms with van der Waals surface area (Å²) in [5, 5.41) is 0. The molecule has 0 aromatic heterocycles. The second-order valence-corrected chi connectivity index (χ2v) is 8.85. The van der Waals surface area contributed by atoms with Gasteiger partial charge in [-0.2, -0.15) is 0 Å². The van der Waals surface area contributed by atoms with E-state index in [0.717, 1.165) is 6.42 Å². The van der Waals surface area contributed by atoms with E-state index in [0.29, 0.717) is 0 Å². The zero-order valence-electron chi connectivity index (χ0n) is 19.1. The average Bonchev–Trinajstić information content (AvgIpc) is 3.57. The van der Waals surface area contributed by atoms with Crippen LogP contribution in [0.4, 0.5) is 0 Å². The SMILES string of the molecule is C1=CCC(B2C(c3ccccc3)=C(c3ccccc3)C(c3ccccc3)=C2c2ccccc2)=C1. The van der Waals surface area contributed by atoms with Crippen LogP contribution in [0, 0.1) is 0 Å². The molecule has 1 heterocycles. The van der Waals surface area contributed by atoms with Crippen molar-refractivity contribution in [1.29, 1.82) is 0 Å². The molecule has 0 radical (unpaired) electrons. The van der Waals surface area contributed by atoms with Crippen LogP contribution in [0.5, 0.6) is 0 Å². The van der Waals surface area contributed by atoms with Crippen LogP contribution in [-0.2, 0) is 0 Å². The van der Waals surface area contributed by atoms with Gasteiger partial charge in [0.15, 0.2) is 0 Å². The van der Waals surface area contributed by atoms with Gasteiger partial charge in [-0.25, -0.2) is 0 Å². The van der Waals surface area contributed by atoms with Gasteiger partial charge in [-0.15, -0.1) is 0 Å². The van der Waals surface area contributed by atoms with Crippen LogP contribution in [0.15, 0.2) is 145 Å². The first-order chi connectivity index (χ1) is 16.9. The van der Waals surface area contributed by atoms with Gasteiger partial charge in [0.05, 0.1) is 0 Å². The maximum absolute atomic E-state index is 2.33. The summed E-state index contributed by atoms with van der Waals surface area (Å²) >= 11 is 0. The monoisotopic (exact) mass is 432 g/mol. The lowest BCUT2D eigenvalue weighted by molar-refractivity contribution is 1.39. The summed E-state index contributed by atoms with van der Waals surface area (Å²) in [7, 11) is 0. The Morgan fingerprint density at radius 3 is 1.18 bits per heavy atom. The van der Waals surface area contributed by atoms with Gasteiger partial charge >= 0.3 is 0 Å². The van der Waals surface area contributed by atoms with Crippen LogP contribution >= 0.6 is 0 Å². The van der Waals surface area contributed by atoms with Crippen LogP contribution < -0.4 is 0 Å². The van der Waals surface area contributed by atoms with Gasteiger partial charge in [-0.1, -0.05) is 156 Å². The molecule has 0 saturated carbocycles. The van der Waals surface area contributed by atoms with E-state index in [1.165, 1.54) is 49.8 Å². The van der Waals surface area contributed by atoms with Gasteiger partial charge in [0, 0.05) is 0 Å². The Morgan fingerprint density at radius 2 is 0.824 bits per heavy atom. The minimum Gasteiger partial charge on any atom is -0.0869 e. The molecule has 4 aromatic rings. The van der Waals surface area contributed by atoms with E-state index < -0.39 is 0 Å². The molecule has 0 spiro atoms. The summed E-state index contributed by atoms with van der Waals surface area (Å²) in [4.78, 5) is 0. The van der Waals surface area contributed by atoms with E-state index >= 15 is 0 Å². The third kappa shape index (κ3) is 3.60. The van der Waals surface area contributed by atoms with Gasteiger partial charge in [-0.3, -0.25) is 0 Å². The predicted molar refractivity (Wildman–Crippen MR) is 147 cm³/mol. The van der Waals surface area contributed by atoms with Crippen molar-refractivity contribution in [2.75, 3.05) is 0 Å². The molecule has 34 heavy (non-hydrogen) atoms. The van der Waals surface area contributed by atoms with Crippen LogP contribution in [0.2, 0.25) is 0 Å². The lowest BCUT2D eigenvalue weighted by Gasteiger charge is -2.19. The van der Waals surface area contributed by atoms with E-state index in [1.54, 1.807) is 0 Å². The van der Waals surface area contributed by atoms with Crippen LogP contribution in [0.3, 0.4) is 0 Å². The number of benzene rings is 4. The van der Waals surface area contributed by atoms with E-state index in [-0.39, 0.29) is 6.71 Å². The largest absolute Gasteiger partial charge is 0.240 e. The average molecular weight is 432 g/mol. The van der Waals surface area contributed by atoms with Crippen molar-refractivity contribution < 1.29 is 0 Å². The van der Waals surface area contributed by atoms with Gasteiger partial charge in [0.2, 0.25) is 6.71 Å². The Balaban J connectivity index is 1.75. The molecule has 0 nitrogen and oxygen atoms in total. The van der Waals surface area contributed by atoms with Crippen LogP contribution in [0.1, 0.15) is 28.7 Å². The molecule has 4 aromatic carbocycles. The zero-order chi connectivity index (χ0) is 22.7. The molecule has 6 rings (SSSR count). The minimum atomic E-state index is 0.199. The molecular weight excluding hydrogens is 407 g/mol. The van der Waals surface area contributed by atoms with Gasteiger partial charge < -0.3 is 0 Å². The maximum Gasteiger partial charge on any atom is 0.240 e. The molecular formula is C33H25B. The third-order valence-electron chi connectivity index (χ3n) is 6.83. The Labute approximate surface area is 202 Å². The highest BCUT2D eigenvalue weighted by Gasteiger charge is 2.40. The van der Waals surface area contributed by atoms with Crippen molar-refractivity contribution in [3.8, 4) is 0 Å². The first-order valence-electron chi connectivity index (χ1n) is 12.0. The molecule has 0 saturated heterocycles. The Bertz CT molecular complexity index is 1320. The highest BCUT2D eigenvalue weighted by atomic mass is 14.3. The fourth-order valence-corrected chi connectivity index (χ4v) is 5.42. The normalized spacial score (nSPS) is 15.3. The van der Waals surface area contributed by atoms with E-state index in [2.05, 4.69) is 140 Å². The van der Waals surface area contributed by atoms with Crippen molar-refractivity contribution in [3.63, 3.8) is 0 Å². The van der Waals surface area contributed by atoms with Crippen molar-refractivity contribution in [3.05, 3.63) is 167 Å².